The summed E-state index contributed by atoms with van der Waals surface area (Å²) in [6.07, 6.45) is -0.968. The lowest BCUT2D eigenvalue weighted by Gasteiger charge is -2.15. The highest BCUT2D eigenvalue weighted by Gasteiger charge is 2.22. The number of rotatable bonds is 12. The summed E-state index contributed by atoms with van der Waals surface area (Å²) in [7, 11) is 0. The number of anilines is 1. The first-order chi connectivity index (χ1) is 18.8. The first-order valence-electron chi connectivity index (χ1n) is 11.7. The van der Waals surface area contributed by atoms with Crippen LogP contribution in [0.4, 0.5) is 15.5 Å². The van der Waals surface area contributed by atoms with E-state index < -0.39 is 49.0 Å². The number of carbonyl (C=O) groups excluding carboxylic acids is 4. The van der Waals surface area contributed by atoms with Gasteiger partial charge in [0.25, 0.3) is 5.91 Å². The second-order valence-corrected chi connectivity index (χ2v) is 8.04. The Kier molecular flexibility index (Phi) is 10.4. The first-order valence-corrected chi connectivity index (χ1v) is 11.7. The molecule has 0 saturated heterocycles. The van der Waals surface area contributed by atoms with Gasteiger partial charge < -0.3 is 35.5 Å². The average molecular weight is 538 g/mol. The molecule has 13 nitrogen and oxygen atoms in total. The maximum Gasteiger partial charge on any atom is 0.408 e. The van der Waals surface area contributed by atoms with E-state index in [4.69, 9.17) is 9.15 Å². The molecule has 39 heavy (non-hydrogen) atoms. The molecular formula is C26H27N5O8. The summed E-state index contributed by atoms with van der Waals surface area (Å²) >= 11 is 0. The topological polar surface area (TPSA) is 188 Å². The van der Waals surface area contributed by atoms with Crippen LogP contribution in [0.25, 0.3) is 0 Å². The molecule has 1 heterocycles. The highest BCUT2D eigenvalue weighted by atomic mass is 16.5. The number of amides is 5. The van der Waals surface area contributed by atoms with Crippen molar-refractivity contribution in [1.29, 1.82) is 0 Å². The van der Waals surface area contributed by atoms with Crippen molar-refractivity contribution in [1.82, 2.24) is 21.3 Å². The highest BCUT2D eigenvalue weighted by molar-refractivity contribution is 5.95. The van der Waals surface area contributed by atoms with E-state index in [1.165, 1.54) is 12.1 Å². The number of carboxylic acids is 1. The minimum absolute atomic E-state index is 0.0182. The van der Waals surface area contributed by atoms with Gasteiger partial charge >= 0.3 is 18.1 Å². The minimum atomic E-state index is -1.46. The Morgan fingerprint density at radius 2 is 1.49 bits per heavy atom. The van der Waals surface area contributed by atoms with E-state index in [1.807, 2.05) is 30.3 Å². The maximum absolute atomic E-state index is 12.3. The van der Waals surface area contributed by atoms with Gasteiger partial charge in [-0.1, -0.05) is 60.7 Å². The average Bonchev–Trinajstić information content (AvgIpc) is 3.41. The van der Waals surface area contributed by atoms with E-state index >= 15 is 0 Å². The van der Waals surface area contributed by atoms with Crippen molar-refractivity contribution in [3.63, 3.8) is 0 Å². The molecule has 1 aromatic heterocycles. The molecule has 13 heteroatoms. The third-order valence-electron chi connectivity index (χ3n) is 5.08. The number of ether oxygens (including phenoxy) is 1. The van der Waals surface area contributed by atoms with Crippen LogP contribution in [0.15, 0.2) is 77.2 Å². The molecule has 204 valence electrons. The summed E-state index contributed by atoms with van der Waals surface area (Å²) in [6.45, 7) is -0.704. The van der Waals surface area contributed by atoms with Crippen LogP contribution in [-0.2, 0) is 27.5 Å². The number of hydrogen-bond donors (Lipinski definition) is 6. The van der Waals surface area contributed by atoms with Gasteiger partial charge in [-0.25, -0.2) is 14.4 Å². The molecule has 0 aliphatic heterocycles. The van der Waals surface area contributed by atoms with Crippen molar-refractivity contribution >= 4 is 35.8 Å². The van der Waals surface area contributed by atoms with Crippen molar-refractivity contribution in [2.45, 2.75) is 19.2 Å². The molecule has 0 fully saturated rings. The van der Waals surface area contributed by atoms with Crippen LogP contribution in [0.1, 0.15) is 21.7 Å². The number of nitrogens with one attached hydrogen (secondary N) is 5. The summed E-state index contributed by atoms with van der Waals surface area (Å²) in [5.74, 6) is -2.98. The Hall–Kier alpha value is -5.33. The van der Waals surface area contributed by atoms with Gasteiger partial charge in [-0.2, -0.15) is 0 Å². The predicted molar refractivity (Wildman–Crippen MR) is 138 cm³/mol. The number of furan rings is 1. The Balaban J connectivity index is 1.36. The lowest BCUT2D eigenvalue weighted by Crippen LogP contribution is -2.50. The van der Waals surface area contributed by atoms with E-state index in [9.17, 15) is 29.1 Å². The number of carbonyl (C=O) groups is 5. The van der Waals surface area contributed by atoms with Crippen molar-refractivity contribution in [3.8, 4) is 0 Å². The van der Waals surface area contributed by atoms with Gasteiger partial charge in [0, 0.05) is 19.2 Å². The molecule has 6 N–H and O–H groups in total. The zero-order chi connectivity index (χ0) is 28.0. The van der Waals surface area contributed by atoms with Crippen LogP contribution in [-0.4, -0.2) is 54.1 Å². The standard InChI is InChI=1S/C26H27N5O8/c32-21(27-14-19(24(34)35)30-26(37)38-16-18-9-5-2-6-10-18)15-28-23(33)20-11-12-22(39-20)31-25(36)29-13-17-7-3-1-4-8-17/h1-12,19H,13-16H2,(H,27,32)(H,28,33)(H,30,37)(H,34,35)(H2,29,31,36)/t19-/m0/s1. The SMILES string of the molecule is O=C(CNC(=O)c1ccc(NC(=O)NCc2ccccc2)o1)NC[C@H](NC(=O)OCc1ccccc1)C(=O)O. The second kappa shape index (κ2) is 14.4. The maximum atomic E-state index is 12.3. The lowest BCUT2D eigenvalue weighted by atomic mass is 10.2. The number of alkyl carbamates (subject to hydrolysis) is 1. The molecule has 5 amide bonds. The zero-order valence-electron chi connectivity index (χ0n) is 20.6. The lowest BCUT2D eigenvalue weighted by molar-refractivity contribution is -0.139. The van der Waals surface area contributed by atoms with Gasteiger partial charge in [0.1, 0.15) is 12.6 Å². The van der Waals surface area contributed by atoms with Crippen molar-refractivity contribution < 1.29 is 38.2 Å². The normalized spacial score (nSPS) is 11.0. The van der Waals surface area contributed by atoms with Crippen molar-refractivity contribution in [2.24, 2.45) is 0 Å². The van der Waals surface area contributed by atoms with Gasteiger partial charge in [0.15, 0.2) is 5.76 Å². The summed E-state index contributed by atoms with van der Waals surface area (Å²) < 4.78 is 10.3. The largest absolute Gasteiger partial charge is 0.480 e. The predicted octanol–water partition coefficient (Wildman–Crippen LogP) is 1.83. The smallest absolute Gasteiger partial charge is 0.408 e. The Morgan fingerprint density at radius 3 is 2.15 bits per heavy atom. The summed E-state index contributed by atoms with van der Waals surface area (Å²) in [5.41, 5.74) is 1.62. The van der Waals surface area contributed by atoms with Crippen molar-refractivity contribution in [2.75, 3.05) is 18.4 Å². The third-order valence-corrected chi connectivity index (χ3v) is 5.08. The second-order valence-electron chi connectivity index (χ2n) is 8.04. The van der Waals surface area contributed by atoms with E-state index in [2.05, 4.69) is 26.6 Å². The number of aliphatic carboxylic acids is 1. The van der Waals surface area contributed by atoms with Crippen LogP contribution in [0.5, 0.6) is 0 Å². The Morgan fingerprint density at radius 1 is 0.821 bits per heavy atom. The monoisotopic (exact) mass is 537 g/mol. The number of urea groups is 1. The van der Waals surface area contributed by atoms with Gasteiger partial charge in [0.2, 0.25) is 11.8 Å². The Bertz CT molecular complexity index is 1280. The fraction of sp³-hybridized carbons (Fsp3) is 0.192. The zero-order valence-corrected chi connectivity index (χ0v) is 20.6. The van der Waals surface area contributed by atoms with E-state index in [1.54, 1.807) is 30.3 Å². The molecule has 2 aromatic carbocycles. The molecule has 0 aliphatic carbocycles. The van der Waals surface area contributed by atoms with Crippen LogP contribution < -0.4 is 26.6 Å². The number of carboxylic acid groups (broad SMARTS) is 1. The summed E-state index contributed by atoms with van der Waals surface area (Å²) in [5, 5.41) is 21.2. The van der Waals surface area contributed by atoms with Gasteiger partial charge in [-0.15, -0.1) is 0 Å². The summed E-state index contributed by atoms with van der Waals surface area (Å²) in [4.78, 5) is 59.7. The molecular weight excluding hydrogens is 510 g/mol. The van der Waals surface area contributed by atoms with E-state index in [0.717, 1.165) is 5.56 Å². The van der Waals surface area contributed by atoms with Crippen LogP contribution >= 0.6 is 0 Å². The van der Waals surface area contributed by atoms with Crippen LogP contribution in [0.2, 0.25) is 0 Å². The van der Waals surface area contributed by atoms with E-state index in [-0.39, 0.29) is 18.3 Å². The summed E-state index contributed by atoms with van der Waals surface area (Å²) in [6, 6.07) is 18.7. The van der Waals surface area contributed by atoms with Crippen LogP contribution in [0, 0.1) is 0 Å². The molecule has 0 saturated carbocycles. The Labute approximate surface area is 222 Å². The van der Waals surface area contributed by atoms with Gasteiger partial charge in [-0.05, 0) is 17.2 Å². The van der Waals surface area contributed by atoms with Crippen LogP contribution in [0.3, 0.4) is 0 Å². The number of benzene rings is 2. The fourth-order valence-corrected chi connectivity index (χ4v) is 3.09. The quantitative estimate of drug-likeness (QED) is 0.202. The molecule has 0 aliphatic rings. The van der Waals surface area contributed by atoms with Gasteiger partial charge in [-0.3, -0.25) is 14.9 Å². The fourth-order valence-electron chi connectivity index (χ4n) is 3.09. The molecule has 3 rings (SSSR count). The van der Waals surface area contributed by atoms with E-state index in [0.29, 0.717) is 12.1 Å². The highest BCUT2D eigenvalue weighted by Crippen LogP contribution is 2.13. The molecule has 0 radical (unpaired) electrons. The molecule has 0 bridgehead atoms. The third kappa shape index (κ3) is 9.92. The first kappa shape index (κ1) is 28.2. The minimum Gasteiger partial charge on any atom is -0.480 e. The molecule has 0 spiro atoms. The number of hydrogen-bond acceptors (Lipinski definition) is 7. The van der Waals surface area contributed by atoms with Gasteiger partial charge in [0.05, 0.1) is 6.54 Å². The molecule has 3 aromatic rings. The molecule has 0 unspecified atom stereocenters. The van der Waals surface area contributed by atoms with Crippen molar-refractivity contribution in [3.05, 3.63) is 89.7 Å². The molecule has 1 atom stereocenters.